The fourth-order valence-corrected chi connectivity index (χ4v) is 3.22. The molecule has 4 rings (SSSR count). The highest BCUT2D eigenvalue weighted by Gasteiger charge is 2.22. The molecule has 0 atom stereocenters. The van der Waals surface area contributed by atoms with Gasteiger partial charge in [-0.05, 0) is 60.2 Å². The Hall–Kier alpha value is -2.95. The van der Waals surface area contributed by atoms with Gasteiger partial charge in [0.1, 0.15) is 0 Å². The standard InChI is InChI=1S/C19H17N3O2/c1-12-7-15-8-13-4-6-22(19(24)14-3-2-5-20-10-14)11-16(13)9-17(15)21-18(12)23/h2-3,5,7-10H,4,6,11H2,1H3,(H,21,23). The highest BCUT2D eigenvalue weighted by atomic mass is 16.2. The lowest BCUT2D eigenvalue weighted by Crippen LogP contribution is -2.36. The summed E-state index contributed by atoms with van der Waals surface area (Å²) in [5.41, 5.74) is 4.40. The van der Waals surface area contributed by atoms with Gasteiger partial charge in [0.15, 0.2) is 0 Å². The van der Waals surface area contributed by atoms with E-state index in [2.05, 4.69) is 16.0 Å². The Bertz CT molecular complexity index is 993. The number of nitrogens with zero attached hydrogens (tertiary/aromatic N) is 2. The monoisotopic (exact) mass is 319 g/mol. The third-order valence-corrected chi connectivity index (χ3v) is 4.56. The highest BCUT2D eigenvalue weighted by molar-refractivity contribution is 5.94. The number of fused-ring (bicyclic) bond motifs is 2. The minimum Gasteiger partial charge on any atom is -0.334 e. The Labute approximate surface area is 139 Å². The van der Waals surface area contributed by atoms with Crippen LogP contribution in [0.3, 0.4) is 0 Å². The molecule has 3 aromatic rings. The van der Waals surface area contributed by atoms with Crippen molar-refractivity contribution >= 4 is 16.8 Å². The number of carbonyl (C=O) groups is 1. The normalized spacial score (nSPS) is 13.8. The molecule has 1 amide bonds. The van der Waals surface area contributed by atoms with E-state index in [9.17, 15) is 9.59 Å². The van der Waals surface area contributed by atoms with E-state index in [1.54, 1.807) is 24.5 Å². The number of rotatable bonds is 1. The lowest BCUT2D eigenvalue weighted by molar-refractivity contribution is 0.0734. The molecule has 0 spiro atoms. The van der Waals surface area contributed by atoms with Gasteiger partial charge in [0.05, 0.1) is 5.56 Å². The summed E-state index contributed by atoms with van der Waals surface area (Å²) in [6.45, 7) is 3.05. The zero-order valence-electron chi connectivity index (χ0n) is 13.4. The van der Waals surface area contributed by atoms with Gasteiger partial charge in [-0.1, -0.05) is 0 Å². The third-order valence-electron chi connectivity index (χ3n) is 4.56. The Morgan fingerprint density at radius 2 is 2.12 bits per heavy atom. The minimum atomic E-state index is -0.0680. The lowest BCUT2D eigenvalue weighted by Gasteiger charge is -2.29. The van der Waals surface area contributed by atoms with E-state index in [1.807, 2.05) is 24.0 Å². The summed E-state index contributed by atoms with van der Waals surface area (Å²) in [4.78, 5) is 33.2. The molecule has 2 aromatic heterocycles. The maximum absolute atomic E-state index is 12.6. The first-order valence-corrected chi connectivity index (χ1v) is 7.96. The molecule has 3 heterocycles. The molecule has 1 aromatic carbocycles. The number of aryl methyl sites for hydroxylation is 1. The molecular formula is C19H17N3O2. The van der Waals surface area contributed by atoms with Gasteiger partial charge in [0.25, 0.3) is 11.5 Å². The van der Waals surface area contributed by atoms with Crippen LogP contribution in [0.4, 0.5) is 0 Å². The lowest BCUT2D eigenvalue weighted by atomic mass is 9.96. The largest absolute Gasteiger partial charge is 0.334 e. The average Bonchev–Trinajstić information content (AvgIpc) is 2.61. The molecule has 0 fully saturated rings. The van der Waals surface area contributed by atoms with Crippen LogP contribution >= 0.6 is 0 Å². The minimum absolute atomic E-state index is 0.00811. The fraction of sp³-hybridized carbons (Fsp3) is 0.211. The second-order valence-electron chi connectivity index (χ2n) is 6.21. The topological polar surface area (TPSA) is 66.1 Å². The van der Waals surface area contributed by atoms with Crippen LogP contribution in [-0.4, -0.2) is 27.3 Å². The molecule has 5 nitrogen and oxygen atoms in total. The predicted molar refractivity (Wildman–Crippen MR) is 92.0 cm³/mol. The third kappa shape index (κ3) is 2.48. The number of benzene rings is 1. The SMILES string of the molecule is Cc1cc2cc3c(cc2[nH]c1=O)CN(C(=O)c1cccnc1)CC3. The summed E-state index contributed by atoms with van der Waals surface area (Å²) in [5.74, 6) is -0.00811. The van der Waals surface area contributed by atoms with E-state index in [0.717, 1.165) is 22.9 Å². The molecule has 24 heavy (non-hydrogen) atoms. The summed E-state index contributed by atoms with van der Waals surface area (Å²) in [7, 11) is 0. The van der Waals surface area contributed by atoms with E-state index < -0.39 is 0 Å². The van der Waals surface area contributed by atoms with Gasteiger partial charge in [-0.2, -0.15) is 0 Å². The molecular weight excluding hydrogens is 302 g/mol. The van der Waals surface area contributed by atoms with Gasteiger partial charge in [-0.3, -0.25) is 14.6 Å². The van der Waals surface area contributed by atoms with Gasteiger partial charge in [-0.15, -0.1) is 0 Å². The van der Waals surface area contributed by atoms with E-state index in [4.69, 9.17) is 0 Å². The van der Waals surface area contributed by atoms with Crippen LogP contribution < -0.4 is 5.56 Å². The van der Waals surface area contributed by atoms with E-state index in [0.29, 0.717) is 24.2 Å². The van der Waals surface area contributed by atoms with Crippen molar-refractivity contribution < 1.29 is 4.79 Å². The van der Waals surface area contributed by atoms with Gasteiger partial charge in [0, 0.05) is 36.6 Å². The first-order chi connectivity index (χ1) is 11.6. The Morgan fingerprint density at radius 1 is 1.25 bits per heavy atom. The van der Waals surface area contributed by atoms with Crippen molar-refractivity contribution in [1.29, 1.82) is 0 Å². The number of amides is 1. The number of aromatic nitrogens is 2. The summed E-state index contributed by atoms with van der Waals surface area (Å²) in [5, 5.41) is 1.04. The van der Waals surface area contributed by atoms with Crippen molar-refractivity contribution in [3.63, 3.8) is 0 Å². The molecule has 0 unspecified atom stereocenters. The quantitative estimate of drug-likeness (QED) is 0.749. The molecule has 0 aliphatic carbocycles. The van der Waals surface area contributed by atoms with Crippen molar-refractivity contribution in [2.45, 2.75) is 19.9 Å². The molecule has 0 bridgehead atoms. The van der Waals surface area contributed by atoms with Crippen molar-refractivity contribution in [3.05, 3.63) is 75.3 Å². The molecule has 5 heteroatoms. The summed E-state index contributed by atoms with van der Waals surface area (Å²) in [6.07, 6.45) is 4.07. The fourth-order valence-electron chi connectivity index (χ4n) is 3.22. The van der Waals surface area contributed by atoms with Crippen LogP contribution in [-0.2, 0) is 13.0 Å². The van der Waals surface area contributed by atoms with Gasteiger partial charge < -0.3 is 9.88 Å². The van der Waals surface area contributed by atoms with Crippen LogP contribution in [0.15, 0.2) is 47.5 Å². The molecule has 120 valence electrons. The number of aromatic amines is 1. The van der Waals surface area contributed by atoms with Crippen LogP contribution in [0.5, 0.6) is 0 Å². The predicted octanol–water partition coefficient (Wildman–Crippen LogP) is 2.43. The number of nitrogens with one attached hydrogen (secondary N) is 1. The molecule has 0 saturated heterocycles. The number of H-pyrrole nitrogens is 1. The van der Waals surface area contributed by atoms with Gasteiger partial charge in [0.2, 0.25) is 0 Å². The van der Waals surface area contributed by atoms with Gasteiger partial charge >= 0.3 is 0 Å². The number of hydrogen-bond acceptors (Lipinski definition) is 3. The molecule has 0 radical (unpaired) electrons. The zero-order chi connectivity index (χ0) is 16.7. The highest BCUT2D eigenvalue weighted by Crippen LogP contribution is 2.25. The van der Waals surface area contributed by atoms with Crippen molar-refractivity contribution in [3.8, 4) is 0 Å². The molecule has 1 aliphatic rings. The second-order valence-corrected chi connectivity index (χ2v) is 6.21. The smallest absolute Gasteiger partial charge is 0.255 e. The molecule has 1 N–H and O–H groups in total. The average molecular weight is 319 g/mol. The molecule has 1 aliphatic heterocycles. The Balaban J connectivity index is 1.69. The van der Waals surface area contributed by atoms with E-state index in [-0.39, 0.29) is 11.5 Å². The number of hydrogen-bond donors (Lipinski definition) is 1. The van der Waals surface area contributed by atoms with E-state index in [1.165, 1.54) is 5.56 Å². The van der Waals surface area contributed by atoms with Gasteiger partial charge in [-0.25, -0.2) is 0 Å². The van der Waals surface area contributed by atoms with Crippen LogP contribution in [0.1, 0.15) is 27.0 Å². The van der Waals surface area contributed by atoms with Crippen LogP contribution in [0.25, 0.3) is 10.9 Å². The Kier molecular flexibility index (Phi) is 3.41. The summed E-state index contributed by atoms with van der Waals surface area (Å²) in [6, 6.07) is 9.59. The van der Waals surface area contributed by atoms with E-state index >= 15 is 0 Å². The number of pyridine rings is 2. The first kappa shape index (κ1) is 14.6. The van der Waals surface area contributed by atoms with Crippen molar-refractivity contribution in [2.75, 3.05) is 6.54 Å². The maximum Gasteiger partial charge on any atom is 0.255 e. The van der Waals surface area contributed by atoms with Crippen LogP contribution in [0, 0.1) is 6.92 Å². The first-order valence-electron chi connectivity index (χ1n) is 7.96. The zero-order valence-corrected chi connectivity index (χ0v) is 13.4. The molecule has 0 saturated carbocycles. The maximum atomic E-state index is 12.6. The number of carbonyl (C=O) groups excluding carboxylic acids is 1. The van der Waals surface area contributed by atoms with Crippen LogP contribution in [0.2, 0.25) is 0 Å². The summed E-state index contributed by atoms with van der Waals surface area (Å²) < 4.78 is 0. The van der Waals surface area contributed by atoms with Crippen molar-refractivity contribution in [2.24, 2.45) is 0 Å². The van der Waals surface area contributed by atoms with Crippen molar-refractivity contribution in [1.82, 2.24) is 14.9 Å². The summed E-state index contributed by atoms with van der Waals surface area (Å²) >= 11 is 0. The second kappa shape index (κ2) is 5.60. The Morgan fingerprint density at radius 3 is 2.92 bits per heavy atom.